The van der Waals surface area contributed by atoms with Crippen molar-refractivity contribution in [1.82, 2.24) is 9.55 Å². The highest BCUT2D eigenvalue weighted by atomic mass is 19.1. The summed E-state index contributed by atoms with van der Waals surface area (Å²) >= 11 is 0. The second kappa shape index (κ2) is 4.85. The Kier molecular flexibility index (Phi) is 3.28. The molecule has 1 fully saturated rings. The zero-order valence-corrected chi connectivity index (χ0v) is 12.2. The fraction of sp³-hybridized carbons (Fsp3) is 0.562. The molecule has 0 unspecified atom stereocenters. The van der Waals surface area contributed by atoms with Crippen LogP contribution < -0.4 is 5.73 Å². The van der Waals surface area contributed by atoms with E-state index in [0.717, 1.165) is 49.5 Å². The van der Waals surface area contributed by atoms with E-state index in [0.29, 0.717) is 5.52 Å². The van der Waals surface area contributed by atoms with Gasteiger partial charge in [0.2, 0.25) is 0 Å². The third-order valence-corrected chi connectivity index (χ3v) is 4.64. The zero-order chi connectivity index (χ0) is 14.3. The summed E-state index contributed by atoms with van der Waals surface area (Å²) in [6.45, 7) is 5.17. The predicted molar refractivity (Wildman–Crippen MR) is 78.9 cm³/mol. The molecule has 2 N–H and O–H groups in total. The van der Waals surface area contributed by atoms with E-state index in [2.05, 4.69) is 23.4 Å². The number of hydrogen-bond acceptors (Lipinski definition) is 2. The Morgan fingerprint density at radius 2 is 2.10 bits per heavy atom. The van der Waals surface area contributed by atoms with Gasteiger partial charge in [0.05, 0.1) is 16.6 Å². The van der Waals surface area contributed by atoms with Gasteiger partial charge in [-0.1, -0.05) is 6.92 Å². The molecular weight excluding hydrogens is 253 g/mol. The first-order chi connectivity index (χ1) is 9.53. The van der Waals surface area contributed by atoms with Crippen LogP contribution in [0.4, 0.5) is 4.39 Å². The second-order valence-electron chi connectivity index (χ2n) is 6.15. The van der Waals surface area contributed by atoms with Gasteiger partial charge in [0.1, 0.15) is 11.6 Å². The molecule has 3 rings (SSSR count). The van der Waals surface area contributed by atoms with Gasteiger partial charge in [-0.2, -0.15) is 0 Å². The quantitative estimate of drug-likeness (QED) is 0.910. The Labute approximate surface area is 119 Å². The van der Waals surface area contributed by atoms with Crippen molar-refractivity contribution in [3.8, 4) is 0 Å². The molecule has 0 atom stereocenters. The van der Waals surface area contributed by atoms with Crippen molar-refractivity contribution in [3.63, 3.8) is 0 Å². The largest absolute Gasteiger partial charge is 0.327 e. The lowest BCUT2D eigenvalue weighted by atomic mass is 9.77. The molecule has 20 heavy (non-hydrogen) atoms. The lowest BCUT2D eigenvalue weighted by molar-refractivity contribution is 0.232. The van der Waals surface area contributed by atoms with Crippen LogP contribution in [0.3, 0.4) is 0 Å². The normalized spacial score (nSPS) is 27.1. The van der Waals surface area contributed by atoms with Gasteiger partial charge >= 0.3 is 0 Å². The van der Waals surface area contributed by atoms with E-state index in [-0.39, 0.29) is 11.4 Å². The number of halogens is 1. The number of nitrogens with zero attached hydrogens (tertiary/aromatic N) is 2. The fourth-order valence-electron chi connectivity index (χ4n) is 3.30. The average molecular weight is 275 g/mol. The average Bonchev–Trinajstić information content (AvgIpc) is 2.80. The van der Waals surface area contributed by atoms with E-state index in [1.165, 1.54) is 12.1 Å². The highest BCUT2D eigenvalue weighted by Gasteiger charge is 2.36. The van der Waals surface area contributed by atoms with Gasteiger partial charge in [0.15, 0.2) is 0 Å². The monoisotopic (exact) mass is 275 g/mol. The van der Waals surface area contributed by atoms with Crippen LogP contribution in [0.2, 0.25) is 0 Å². The molecule has 0 spiro atoms. The van der Waals surface area contributed by atoms with Crippen molar-refractivity contribution < 1.29 is 4.39 Å². The molecule has 108 valence electrons. The number of rotatable bonds is 2. The number of benzene rings is 1. The van der Waals surface area contributed by atoms with Crippen LogP contribution in [0.5, 0.6) is 0 Å². The van der Waals surface area contributed by atoms with Gasteiger partial charge in [-0.15, -0.1) is 0 Å². The first-order valence-electron chi connectivity index (χ1n) is 7.48. The van der Waals surface area contributed by atoms with Crippen LogP contribution in [0.1, 0.15) is 45.4 Å². The third-order valence-electron chi connectivity index (χ3n) is 4.64. The van der Waals surface area contributed by atoms with Gasteiger partial charge in [0.25, 0.3) is 0 Å². The molecule has 1 aromatic heterocycles. The van der Waals surface area contributed by atoms with Crippen LogP contribution in [0.15, 0.2) is 18.2 Å². The summed E-state index contributed by atoms with van der Waals surface area (Å²) in [6, 6.07) is 4.80. The molecule has 1 aliphatic rings. The van der Waals surface area contributed by atoms with Crippen LogP contribution in [-0.4, -0.2) is 9.55 Å². The van der Waals surface area contributed by atoms with Crippen molar-refractivity contribution in [2.24, 2.45) is 11.7 Å². The van der Waals surface area contributed by atoms with E-state index >= 15 is 0 Å². The lowest BCUT2D eigenvalue weighted by Gasteiger charge is -2.35. The summed E-state index contributed by atoms with van der Waals surface area (Å²) in [5.74, 6) is 1.42. The summed E-state index contributed by atoms with van der Waals surface area (Å²) in [7, 11) is 0. The molecule has 0 amide bonds. The topological polar surface area (TPSA) is 43.8 Å². The Balaban J connectivity index is 2.10. The molecule has 3 nitrogen and oxygen atoms in total. The van der Waals surface area contributed by atoms with Crippen molar-refractivity contribution in [2.45, 2.75) is 51.6 Å². The molecule has 1 aliphatic carbocycles. The van der Waals surface area contributed by atoms with Crippen molar-refractivity contribution >= 4 is 11.0 Å². The van der Waals surface area contributed by atoms with Crippen molar-refractivity contribution in [2.75, 3.05) is 0 Å². The maximum absolute atomic E-state index is 13.4. The van der Waals surface area contributed by atoms with Gasteiger partial charge in [-0.05, 0) is 50.7 Å². The van der Waals surface area contributed by atoms with E-state index in [9.17, 15) is 4.39 Å². The summed E-state index contributed by atoms with van der Waals surface area (Å²) < 4.78 is 15.5. The number of nitrogens with two attached hydrogens (primary N) is 1. The minimum absolute atomic E-state index is 0.242. The predicted octanol–water partition coefficient (Wildman–Crippen LogP) is 3.56. The summed E-state index contributed by atoms with van der Waals surface area (Å²) in [5.41, 5.74) is 7.97. The molecular formula is C16H22FN3. The van der Waals surface area contributed by atoms with Gasteiger partial charge in [-0.25, -0.2) is 9.37 Å². The maximum Gasteiger partial charge on any atom is 0.130 e. The number of aryl methyl sites for hydroxylation is 1. The smallest absolute Gasteiger partial charge is 0.130 e. The molecule has 4 heteroatoms. The highest BCUT2D eigenvalue weighted by molar-refractivity contribution is 5.76. The minimum atomic E-state index is -0.363. The first-order valence-corrected chi connectivity index (χ1v) is 7.48. The minimum Gasteiger partial charge on any atom is -0.327 e. The van der Waals surface area contributed by atoms with E-state index in [1.807, 2.05) is 0 Å². The van der Waals surface area contributed by atoms with Crippen LogP contribution in [0, 0.1) is 11.7 Å². The molecule has 1 heterocycles. The molecule has 0 bridgehead atoms. The van der Waals surface area contributed by atoms with Crippen molar-refractivity contribution in [1.29, 1.82) is 0 Å². The summed E-state index contributed by atoms with van der Waals surface area (Å²) in [4.78, 5) is 4.66. The molecule has 0 radical (unpaired) electrons. The van der Waals surface area contributed by atoms with Gasteiger partial charge in [-0.3, -0.25) is 0 Å². The standard InChI is InChI=1S/C16H22FN3/c1-3-20-14-5-4-12(17)10-13(14)19-15(20)16(18)8-6-11(2)7-9-16/h4-5,10-11H,3,6-9,18H2,1-2H3. The van der Waals surface area contributed by atoms with Crippen molar-refractivity contribution in [3.05, 3.63) is 29.8 Å². The highest BCUT2D eigenvalue weighted by Crippen LogP contribution is 2.38. The molecule has 0 aliphatic heterocycles. The summed E-state index contributed by atoms with van der Waals surface area (Å²) in [5, 5.41) is 0. The number of fused-ring (bicyclic) bond motifs is 1. The van der Waals surface area contributed by atoms with E-state index < -0.39 is 0 Å². The Morgan fingerprint density at radius 3 is 2.75 bits per heavy atom. The molecule has 0 saturated heterocycles. The Bertz CT molecular complexity index is 624. The summed E-state index contributed by atoms with van der Waals surface area (Å²) in [6.07, 6.45) is 4.19. The zero-order valence-electron chi connectivity index (χ0n) is 12.2. The molecule has 1 aromatic carbocycles. The SMILES string of the molecule is CCn1c(C2(N)CCC(C)CC2)nc2cc(F)ccc21. The fourth-order valence-corrected chi connectivity index (χ4v) is 3.30. The lowest BCUT2D eigenvalue weighted by Crippen LogP contribution is -2.42. The Hall–Kier alpha value is -1.42. The van der Waals surface area contributed by atoms with E-state index in [4.69, 9.17) is 5.73 Å². The molecule has 2 aromatic rings. The van der Waals surface area contributed by atoms with Gasteiger partial charge in [0, 0.05) is 12.6 Å². The number of imidazole rings is 1. The van der Waals surface area contributed by atoms with Crippen LogP contribution in [0.25, 0.3) is 11.0 Å². The van der Waals surface area contributed by atoms with Crippen LogP contribution >= 0.6 is 0 Å². The first kappa shape index (κ1) is 13.6. The Morgan fingerprint density at radius 1 is 1.40 bits per heavy atom. The van der Waals surface area contributed by atoms with Gasteiger partial charge < -0.3 is 10.3 Å². The van der Waals surface area contributed by atoms with E-state index in [1.54, 1.807) is 6.07 Å². The third kappa shape index (κ3) is 2.12. The maximum atomic E-state index is 13.4. The number of aromatic nitrogens is 2. The number of hydrogen-bond donors (Lipinski definition) is 1. The molecule has 1 saturated carbocycles. The van der Waals surface area contributed by atoms with Crippen LogP contribution in [-0.2, 0) is 12.1 Å². The second-order valence-corrected chi connectivity index (χ2v) is 6.15.